The predicted octanol–water partition coefficient (Wildman–Crippen LogP) is 3.03. The molecule has 1 atom stereocenters. The zero-order chi connectivity index (χ0) is 13.2. The van der Waals surface area contributed by atoms with Crippen LogP contribution in [0.5, 0.6) is 5.75 Å². The van der Waals surface area contributed by atoms with Crippen LogP contribution in [0.15, 0.2) is 18.2 Å². The summed E-state index contributed by atoms with van der Waals surface area (Å²) < 4.78 is 6.23. The van der Waals surface area contributed by atoms with Gasteiger partial charge in [0.15, 0.2) is 0 Å². The molecule has 0 aliphatic carbocycles. The Morgan fingerprint density at radius 1 is 1.44 bits per heavy atom. The van der Waals surface area contributed by atoms with Crippen LogP contribution in [-0.2, 0) is 6.42 Å². The maximum absolute atomic E-state index is 5.94. The number of hydrogen-bond acceptors (Lipinski definition) is 3. The highest BCUT2D eigenvalue weighted by Crippen LogP contribution is 2.29. The van der Waals surface area contributed by atoms with Crippen molar-refractivity contribution in [3.63, 3.8) is 0 Å². The van der Waals surface area contributed by atoms with Crippen molar-refractivity contribution >= 4 is 11.8 Å². The molecule has 0 saturated heterocycles. The lowest BCUT2D eigenvalue weighted by Crippen LogP contribution is -2.38. The maximum Gasteiger partial charge on any atom is 0.123 e. The van der Waals surface area contributed by atoms with Gasteiger partial charge in [-0.2, -0.15) is 11.8 Å². The summed E-state index contributed by atoms with van der Waals surface area (Å²) in [5, 5.41) is 3.52. The highest BCUT2D eigenvalue weighted by molar-refractivity contribution is 7.99. The molecule has 0 aromatic heterocycles. The molecule has 1 N–H and O–H groups in total. The molecule has 2 nitrogen and oxygen atoms in total. The second-order valence-electron chi connectivity index (χ2n) is 5.65. The van der Waals surface area contributed by atoms with Crippen LogP contribution in [-0.4, -0.2) is 30.2 Å². The molecular formula is C15H23NOS. The highest BCUT2D eigenvalue weighted by atomic mass is 32.2. The van der Waals surface area contributed by atoms with Crippen molar-refractivity contribution in [1.82, 2.24) is 5.32 Å². The lowest BCUT2D eigenvalue weighted by atomic mass is 10.1. The van der Waals surface area contributed by atoms with Crippen LogP contribution in [0.3, 0.4) is 0 Å². The molecule has 1 unspecified atom stereocenters. The van der Waals surface area contributed by atoms with E-state index in [2.05, 4.69) is 50.5 Å². The van der Waals surface area contributed by atoms with E-state index in [-0.39, 0.29) is 0 Å². The fourth-order valence-electron chi connectivity index (χ4n) is 2.17. The monoisotopic (exact) mass is 265 g/mol. The predicted molar refractivity (Wildman–Crippen MR) is 79.8 cm³/mol. The molecule has 1 aromatic rings. The van der Waals surface area contributed by atoms with Gasteiger partial charge in [-0.3, -0.25) is 0 Å². The van der Waals surface area contributed by atoms with E-state index < -0.39 is 0 Å². The molecule has 2 rings (SSSR count). The van der Waals surface area contributed by atoms with Gasteiger partial charge in [-0.25, -0.2) is 0 Å². The fraction of sp³-hybridized carbons (Fsp3) is 0.600. The number of rotatable bonds is 5. The maximum atomic E-state index is 5.94. The average Bonchev–Trinajstić information content (AvgIpc) is 2.70. The first-order valence-corrected chi connectivity index (χ1v) is 7.75. The van der Waals surface area contributed by atoms with Crippen LogP contribution in [0.4, 0.5) is 0 Å². The van der Waals surface area contributed by atoms with E-state index in [4.69, 9.17) is 4.74 Å². The SMILES string of the molecule is CSC(C)(C)CNCC1Cc2cc(C)ccc2O1. The molecule has 1 aliphatic heterocycles. The Labute approximate surface area is 114 Å². The summed E-state index contributed by atoms with van der Waals surface area (Å²) in [6.07, 6.45) is 3.48. The van der Waals surface area contributed by atoms with Gasteiger partial charge in [0.05, 0.1) is 0 Å². The third kappa shape index (κ3) is 3.42. The van der Waals surface area contributed by atoms with E-state index in [0.717, 1.165) is 25.3 Å². The van der Waals surface area contributed by atoms with E-state index >= 15 is 0 Å². The van der Waals surface area contributed by atoms with Gasteiger partial charge >= 0.3 is 0 Å². The van der Waals surface area contributed by atoms with Gasteiger partial charge < -0.3 is 10.1 Å². The van der Waals surface area contributed by atoms with Gasteiger partial charge in [0.2, 0.25) is 0 Å². The summed E-state index contributed by atoms with van der Waals surface area (Å²) >= 11 is 1.90. The van der Waals surface area contributed by atoms with Gasteiger partial charge in [0.25, 0.3) is 0 Å². The van der Waals surface area contributed by atoms with Crippen molar-refractivity contribution in [2.75, 3.05) is 19.3 Å². The van der Waals surface area contributed by atoms with Crippen LogP contribution in [0.25, 0.3) is 0 Å². The number of ether oxygens (including phenoxy) is 1. The largest absolute Gasteiger partial charge is 0.488 e. The average molecular weight is 265 g/mol. The molecule has 0 radical (unpaired) electrons. The van der Waals surface area contributed by atoms with Crippen molar-refractivity contribution in [2.45, 2.75) is 38.0 Å². The van der Waals surface area contributed by atoms with Crippen LogP contribution in [0.1, 0.15) is 25.0 Å². The summed E-state index contributed by atoms with van der Waals surface area (Å²) in [5.41, 5.74) is 2.67. The van der Waals surface area contributed by atoms with Gasteiger partial charge in [0.1, 0.15) is 11.9 Å². The van der Waals surface area contributed by atoms with Crippen LogP contribution < -0.4 is 10.1 Å². The van der Waals surface area contributed by atoms with Crippen LogP contribution in [0, 0.1) is 6.92 Å². The van der Waals surface area contributed by atoms with Gasteiger partial charge in [-0.05, 0) is 38.7 Å². The number of aryl methyl sites for hydroxylation is 1. The first kappa shape index (κ1) is 13.8. The third-order valence-electron chi connectivity index (χ3n) is 3.43. The normalized spacial score (nSPS) is 18.6. The second-order valence-corrected chi connectivity index (χ2v) is 7.16. The van der Waals surface area contributed by atoms with E-state index in [1.807, 2.05) is 11.8 Å². The Balaban J connectivity index is 1.81. The first-order valence-electron chi connectivity index (χ1n) is 6.52. The minimum absolute atomic E-state index is 0.291. The number of nitrogens with one attached hydrogen (secondary N) is 1. The van der Waals surface area contributed by atoms with E-state index in [1.165, 1.54) is 11.1 Å². The quantitative estimate of drug-likeness (QED) is 0.884. The lowest BCUT2D eigenvalue weighted by Gasteiger charge is -2.23. The number of hydrogen-bond donors (Lipinski definition) is 1. The molecule has 0 spiro atoms. The summed E-state index contributed by atoms with van der Waals surface area (Å²) in [4.78, 5) is 0. The van der Waals surface area contributed by atoms with E-state index in [0.29, 0.717) is 10.9 Å². The smallest absolute Gasteiger partial charge is 0.123 e. The Morgan fingerprint density at radius 2 is 2.22 bits per heavy atom. The molecule has 0 amide bonds. The fourth-order valence-corrected chi connectivity index (χ4v) is 2.42. The molecular weight excluding hydrogens is 242 g/mol. The molecule has 1 aliphatic rings. The van der Waals surface area contributed by atoms with E-state index in [9.17, 15) is 0 Å². The van der Waals surface area contributed by atoms with Gasteiger partial charge in [-0.1, -0.05) is 17.7 Å². The lowest BCUT2D eigenvalue weighted by molar-refractivity contribution is 0.227. The van der Waals surface area contributed by atoms with Gasteiger partial charge in [0, 0.05) is 24.3 Å². The summed E-state index contributed by atoms with van der Waals surface area (Å²) in [5.74, 6) is 1.07. The van der Waals surface area contributed by atoms with Gasteiger partial charge in [-0.15, -0.1) is 0 Å². The van der Waals surface area contributed by atoms with E-state index in [1.54, 1.807) is 0 Å². The molecule has 1 aromatic carbocycles. The zero-order valence-corrected chi connectivity index (χ0v) is 12.6. The van der Waals surface area contributed by atoms with Crippen molar-refractivity contribution in [2.24, 2.45) is 0 Å². The molecule has 0 fully saturated rings. The molecule has 100 valence electrons. The zero-order valence-electron chi connectivity index (χ0n) is 11.7. The standard InChI is InChI=1S/C15H23NOS/c1-11-5-6-14-12(7-11)8-13(17-14)9-16-10-15(2,3)18-4/h5-7,13,16H,8-10H2,1-4H3. The first-order chi connectivity index (χ1) is 8.50. The Hall–Kier alpha value is -0.670. The van der Waals surface area contributed by atoms with Crippen LogP contribution in [0.2, 0.25) is 0 Å². The minimum Gasteiger partial charge on any atom is -0.488 e. The molecule has 0 saturated carbocycles. The number of fused-ring (bicyclic) bond motifs is 1. The Morgan fingerprint density at radius 3 is 2.94 bits per heavy atom. The Bertz CT molecular complexity index is 417. The summed E-state index contributed by atoms with van der Waals surface area (Å²) in [6.45, 7) is 8.60. The number of thioether (sulfide) groups is 1. The van der Waals surface area contributed by atoms with Crippen molar-refractivity contribution < 1.29 is 4.74 Å². The minimum atomic E-state index is 0.291. The highest BCUT2D eigenvalue weighted by Gasteiger charge is 2.23. The van der Waals surface area contributed by atoms with Crippen molar-refractivity contribution in [3.8, 4) is 5.75 Å². The van der Waals surface area contributed by atoms with Crippen molar-refractivity contribution in [3.05, 3.63) is 29.3 Å². The number of benzene rings is 1. The Kier molecular flexibility index (Phi) is 4.23. The molecule has 0 bridgehead atoms. The summed E-state index contributed by atoms with van der Waals surface area (Å²) in [7, 11) is 0. The van der Waals surface area contributed by atoms with Crippen molar-refractivity contribution in [1.29, 1.82) is 0 Å². The third-order valence-corrected chi connectivity index (χ3v) is 4.68. The molecule has 3 heteroatoms. The second kappa shape index (κ2) is 5.54. The topological polar surface area (TPSA) is 21.3 Å². The van der Waals surface area contributed by atoms with Crippen LogP contribution >= 0.6 is 11.8 Å². The molecule has 18 heavy (non-hydrogen) atoms. The summed E-state index contributed by atoms with van der Waals surface area (Å²) in [6, 6.07) is 6.45. The molecule has 1 heterocycles.